The van der Waals surface area contributed by atoms with Crippen molar-refractivity contribution in [1.82, 2.24) is 10.2 Å². The van der Waals surface area contributed by atoms with Crippen molar-refractivity contribution in [2.45, 2.75) is 203 Å². The number of carbonyl (C=O) groups is 3. The molecule has 4 aliphatic carbocycles. The largest absolute Gasteiger partial charge is 0.462 e. The maximum absolute atomic E-state index is 13.3. The average Bonchev–Trinajstić information content (AvgIpc) is 3.41. The summed E-state index contributed by atoms with van der Waals surface area (Å²) in [5, 5.41) is 2.89. The van der Waals surface area contributed by atoms with Gasteiger partial charge in [-0.1, -0.05) is 79.4 Å². The van der Waals surface area contributed by atoms with Crippen molar-refractivity contribution in [1.29, 1.82) is 0 Å². The first-order valence-electron chi connectivity index (χ1n) is 22.5. The van der Waals surface area contributed by atoms with Gasteiger partial charge in [0, 0.05) is 38.4 Å². The lowest BCUT2D eigenvalue weighted by Crippen LogP contribution is -2.50. The quantitative estimate of drug-likeness (QED) is 0.111. The lowest BCUT2D eigenvalue weighted by atomic mass is 9.47. The number of fused-ring (bicyclic) bond motifs is 5. The van der Waals surface area contributed by atoms with Crippen LogP contribution in [0.2, 0.25) is 0 Å². The second kappa shape index (κ2) is 19.4. The molecule has 0 aromatic rings. The molecule has 7 heteroatoms. The molecule has 3 saturated carbocycles. The van der Waals surface area contributed by atoms with Crippen molar-refractivity contribution >= 4 is 18.0 Å². The molecule has 1 N–H and O–H groups in total. The summed E-state index contributed by atoms with van der Waals surface area (Å²) >= 11 is 0. The van der Waals surface area contributed by atoms with Gasteiger partial charge >= 0.3 is 12.1 Å². The van der Waals surface area contributed by atoms with Gasteiger partial charge in [-0.2, -0.15) is 0 Å². The minimum Gasteiger partial charge on any atom is -0.462 e. The summed E-state index contributed by atoms with van der Waals surface area (Å²) in [6.07, 6.45) is 20.1. The van der Waals surface area contributed by atoms with Gasteiger partial charge in [-0.3, -0.25) is 9.59 Å². The molecule has 4 aliphatic rings. The molecule has 9 unspecified atom stereocenters. The second-order valence-corrected chi connectivity index (χ2v) is 20.5. The minimum absolute atomic E-state index is 0.0481. The topological polar surface area (TPSA) is 84.9 Å². The molecule has 0 radical (unpaired) electrons. The highest BCUT2D eigenvalue weighted by molar-refractivity contribution is 5.77. The van der Waals surface area contributed by atoms with Crippen LogP contribution >= 0.6 is 0 Å². The molecule has 7 nitrogen and oxygen atoms in total. The van der Waals surface area contributed by atoms with E-state index in [1.54, 1.807) is 5.57 Å². The number of ether oxygens (including phenoxy) is 2. The fourth-order valence-corrected chi connectivity index (χ4v) is 11.4. The van der Waals surface area contributed by atoms with Crippen molar-refractivity contribution in [2.75, 3.05) is 13.1 Å². The normalized spacial score (nSPS) is 30.5. The Morgan fingerprint density at radius 3 is 2.30 bits per heavy atom. The van der Waals surface area contributed by atoms with Gasteiger partial charge in [-0.05, 0) is 151 Å². The van der Waals surface area contributed by atoms with Gasteiger partial charge in [0.25, 0.3) is 0 Å². The standard InChI is InChI=1S/C47H82N2O5/c1-12-35(33(4)5)15-13-16-36-20-22-40-39-21-19-37-31-38(23-27-47(37,11)41(39)24-28-46(36,40)10)53-43(51)18-14-17-42(50)49(29-25-32(2)3)30-26-34(6)48-44(52)54-45(7,8)9/h19,32-36,38-41H,12-18,20-31H2,1-11H3,(H,48,52). The van der Waals surface area contributed by atoms with E-state index in [2.05, 4.69) is 59.9 Å². The summed E-state index contributed by atoms with van der Waals surface area (Å²) in [6, 6.07) is -0.122. The zero-order chi connectivity index (χ0) is 39.8. The molecule has 0 aromatic heterocycles. The van der Waals surface area contributed by atoms with Crippen LogP contribution in [0.3, 0.4) is 0 Å². The molecule has 2 amide bonds. The highest BCUT2D eigenvalue weighted by Gasteiger charge is 2.58. The van der Waals surface area contributed by atoms with Gasteiger partial charge in [0.1, 0.15) is 11.7 Å². The van der Waals surface area contributed by atoms with Gasteiger partial charge in [-0.15, -0.1) is 0 Å². The van der Waals surface area contributed by atoms with Gasteiger partial charge in [0.2, 0.25) is 5.91 Å². The summed E-state index contributed by atoms with van der Waals surface area (Å²) in [5.41, 5.74) is 1.75. The molecule has 0 spiro atoms. The Balaban J connectivity index is 1.23. The number of allylic oxidation sites excluding steroid dienone is 1. The Morgan fingerprint density at radius 1 is 0.907 bits per heavy atom. The third kappa shape index (κ3) is 11.7. The summed E-state index contributed by atoms with van der Waals surface area (Å²) in [4.78, 5) is 40.5. The van der Waals surface area contributed by atoms with E-state index in [1.165, 1.54) is 57.8 Å². The van der Waals surface area contributed by atoms with Crippen LogP contribution in [0.4, 0.5) is 4.79 Å². The van der Waals surface area contributed by atoms with E-state index in [0.29, 0.717) is 43.7 Å². The van der Waals surface area contributed by atoms with Crippen molar-refractivity contribution in [3.63, 3.8) is 0 Å². The molecular formula is C47H82N2O5. The first-order chi connectivity index (χ1) is 25.4. The smallest absolute Gasteiger partial charge is 0.407 e. The SMILES string of the molecule is CCC(CCCC1CCC2C3CC=C4CC(OC(=O)CCCC(=O)N(CCC(C)C)CCC(C)NC(=O)OC(C)(C)C)CCC4(C)C3CCC12C)C(C)C. The van der Waals surface area contributed by atoms with Crippen LogP contribution in [0, 0.1) is 52.3 Å². The Morgan fingerprint density at radius 2 is 1.63 bits per heavy atom. The molecule has 54 heavy (non-hydrogen) atoms. The van der Waals surface area contributed by atoms with Gasteiger partial charge in [0.05, 0.1) is 0 Å². The van der Waals surface area contributed by atoms with Crippen LogP contribution in [0.15, 0.2) is 11.6 Å². The molecule has 0 bridgehead atoms. The van der Waals surface area contributed by atoms with Gasteiger partial charge in [-0.25, -0.2) is 4.79 Å². The molecule has 0 heterocycles. The molecule has 0 saturated heterocycles. The lowest BCUT2D eigenvalue weighted by Gasteiger charge is -2.58. The lowest BCUT2D eigenvalue weighted by molar-refractivity contribution is -0.151. The van der Waals surface area contributed by atoms with Crippen molar-refractivity contribution in [3.05, 3.63) is 11.6 Å². The van der Waals surface area contributed by atoms with Crippen molar-refractivity contribution < 1.29 is 23.9 Å². The fraction of sp³-hybridized carbons (Fsp3) is 0.894. The zero-order valence-corrected chi connectivity index (χ0v) is 36.7. The maximum atomic E-state index is 13.3. The molecule has 0 aromatic carbocycles. The number of hydrogen-bond donors (Lipinski definition) is 1. The van der Waals surface area contributed by atoms with E-state index in [1.807, 2.05) is 32.6 Å². The van der Waals surface area contributed by atoms with Crippen LogP contribution in [0.25, 0.3) is 0 Å². The number of rotatable bonds is 18. The Labute approximate surface area is 331 Å². The maximum Gasteiger partial charge on any atom is 0.407 e. The summed E-state index contributed by atoms with van der Waals surface area (Å²) < 4.78 is 11.5. The highest BCUT2D eigenvalue weighted by Crippen LogP contribution is 2.67. The molecule has 3 fully saturated rings. The number of amides is 2. The number of nitrogens with one attached hydrogen (secondary N) is 1. The molecular weight excluding hydrogens is 673 g/mol. The summed E-state index contributed by atoms with van der Waals surface area (Å²) in [5.74, 6) is 5.39. The zero-order valence-electron chi connectivity index (χ0n) is 36.7. The average molecular weight is 755 g/mol. The van der Waals surface area contributed by atoms with Crippen LogP contribution in [-0.4, -0.2) is 53.7 Å². The van der Waals surface area contributed by atoms with Crippen molar-refractivity contribution in [2.24, 2.45) is 52.3 Å². The van der Waals surface area contributed by atoms with Crippen LogP contribution in [0.1, 0.15) is 185 Å². The number of carbonyl (C=O) groups excluding carboxylic acids is 3. The number of alkyl carbamates (subject to hydrolysis) is 1. The number of nitrogens with zero attached hydrogens (tertiary/aromatic N) is 1. The number of hydrogen-bond acceptors (Lipinski definition) is 5. The first kappa shape index (κ1) is 44.7. The molecule has 310 valence electrons. The third-order valence-electron chi connectivity index (χ3n) is 14.8. The summed E-state index contributed by atoms with van der Waals surface area (Å²) in [7, 11) is 0. The molecule has 4 rings (SSSR count). The van der Waals surface area contributed by atoms with Crippen molar-refractivity contribution in [3.8, 4) is 0 Å². The van der Waals surface area contributed by atoms with Crippen LogP contribution in [0.5, 0.6) is 0 Å². The van der Waals surface area contributed by atoms with E-state index < -0.39 is 11.7 Å². The Hall–Kier alpha value is -2.05. The second-order valence-electron chi connectivity index (χ2n) is 20.5. The van der Waals surface area contributed by atoms with Crippen LogP contribution in [-0.2, 0) is 19.1 Å². The van der Waals surface area contributed by atoms with Gasteiger partial charge < -0.3 is 19.7 Å². The minimum atomic E-state index is -0.554. The highest BCUT2D eigenvalue weighted by atomic mass is 16.6. The van der Waals surface area contributed by atoms with Gasteiger partial charge in [0.15, 0.2) is 0 Å². The fourth-order valence-electron chi connectivity index (χ4n) is 11.4. The van der Waals surface area contributed by atoms with E-state index >= 15 is 0 Å². The van der Waals surface area contributed by atoms with E-state index in [9.17, 15) is 14.4 Å². The first-order valence-corrected chi connectivity index (χ1v) is 22.5. The predicted octanol–water partition coefficient (Wildman–Crippen LogP) is 11.7. The van der Waals surface area contributed by atoms with Crippen LogP contribution < -0.4 is 5.32 Å². The predicted molar refractivity (Wildman–Crippen MR) is 221 cm³/mol. The van der Waals surface area contributed by atoms with E-state index in [0.717, 1.165) is 61.2 Å². The monoisotopic (exact) mass is 755 g/mol. The third-order valence-corrected chi connectivity index (χ3v) is 14.8. The Bertz CT molecular complexity index is 1270. The molecule has 0 aliphatic heterocycles. The summed E-state index contributed by atoms with van der Waals surface area (Å²) in [6.45, 7) is 25.4. The van der Waals surface area contributed by atoms with E-state index in [4.69, 9.17) is 9.47 Å². The Kier molecular flexibility index (Phi) is 16.0. The number of esters is 1. The van der Waals surface area contributed by atoms with E-state index in [-0.39, 0.29) is 35.9 Å². The molecule has 9 atom stereocenters.